The van der Waals surface area contributed by atoms with E-state index >= 15 is 0 Å². The van der Waals surface area contributed by atoms with E-state index in [1.807, 2.05) is 0 Å². The second-order valence-electron chi connectivity index (χ2n) is 8.34. The highest BCUT2D eigenvalue weighted by molar-refractivity contribution is 7.89. The molecule has 0 radical (unpaired) electrons. The molecule has 0 aromatic heterocycles. The minimum atomic E-state index is -3.77. The van der Waals surface area contributed by atoms with Crippen LogP contribution in [0.4, 0.5) is 5.69 Å². The number of fused-ring (bicyclic) bond motifs is 1. The van der Waals surface area contributed by atoms with Gasteiger partial charge in [0.1, 0.15) is 6.04 Å². The maximum absolute atomic E-state index is 13.3. The van der Waals surface area contributed by atoms with Gasteiger partial charge in [0.2, 0.25) is 21.8 Å². The molecule has 2 fully saturated rings. The van der Waals surface area contributed by atoms with Crippen molar-refractivity contribution < 1.29 is 18.0 Å². The quantitative estimate of drug-likeness (QED) is 0.784. The van der Waals surface area contributed by atoms with Gasteiger partial charge >= 0.3 is 0 Å². The van der Waals surface area contributed by atoms with Crippen LogP contribution in [0.1, 0.15) is 63.4 Å². The summed E-state index contributed by atoms with van der Waals surface area (Å²) in [5.41, 5.74) is 1.51. The molecule has 1 aromatic rings. The van der Waals surface area contributed by atoms with Gasteiger partial charge in [-0.05, 0) is 62.3 Å². The number of sulfonamides is 1. The maximum atomic E-state index is 13.3. The van der Waals surface area contributed by atoms with Crippen molar-refractivity contribution in [2.24, 2.45) is 0 Å². The Bertz CT molecular complexity index is 893. The van der Waals surface area contributed by atoms with Gasteiger partial charge in [-0.2, -0.15) is 4.31 Å². The standard InChI is InChI=1S/C21H29N3O4S/c25-20-10-4-6-15-14-17(11-12-18(15)23-20)29(27,28)24-13-5-9-19(24)21(26)22-16-7-2-1-3-8-16/h11-12,14,16,19H,1-10,13H2,(H,22,26)(H,23,25). The predicted molar refractivity (Wildman–Crippen MR) is 110 cm³/mol. The summed E-state index contributed by atoms with van der Waals surface area (Å²) in [6.45, 7) is 0.360. The lowest BCUT2D eigenvalue weighted by molar-refractivity contribution is -0.125. The van der Waals surface area contributed by atoms with Crippen molar-refractivity contribution >= 4 is 27.5 Å². The zero-order valence-corrected chi connectivity index (χ0v) is 17.5. The molecule has 3 aliphatic rings. The van der Waals surface area contributed by atoms with Crippen LogP contribution in [0.15, 0.2) is 23.1 Å². The van der Waals surface area contributed by atoms with Crippen LogP contribution in [-0.4, -0.2) is 43.2 Å². The Balaban J connectivity index is 1.53. The number of hydrogen-bond donors (Lipinski definition) is 2. The fourth-order valence-corrected chi connectivity index (χ4v) is 6.39. The third-order valence-electron chi connectivity index (χ3n) is 6.27. The second kappa shape index (κ2) is 8.44. The molecule has 1 unspecified atom stereocenters. The van der Waals surface area contributed by atoms with E-state index in [2.05, 4.69) is 10.6 Å². The Morgan fingerprint density at radius 2 is 1.83 bits per heavy atom. The molecule has 158 valence electrons. The molecule has 2 amide bonds. The Labute approximate surface area is 172 Å². The van der Waals surface area contributed by atoms with Crippen LogP contribution >= 0.6 is 0 Å². The van der Waals surface area contributed by atoms with Gasteiger partial charge in [-0.1, -0.05) is 19.3 Å². The molecule has 1 saturated heterocycles. The van der Waals surface area contributed by atoms with Crippen LogP contribution in [0.2, 0.25) is 0 Å². The number of carbonyl (C=O) groups is 2. The molecule has 2 N–H and O–H groups in total. The van der Waals surface area contributed by atoms with E-state index in [0.29, 0.717) is 44.3 Å². The first-order valence-corrected chi connectivity index (χ1v) is 12.1. The van der Waals surface area contributed by atoms with Crippen molar-refractivity contribution in [3.05, 3.63) is 23.8 Å². The van der Waals surface area contributed by atoms with Crippen LogP contribution < -0.4 is 10.6 Å². The number of rotatable bonds is 4. The van der Waals surface area contributed by atoms with Crippen LogP contribution in [0.5, 0.6) is 0 Å². The summed E-state index contributed by atoms with van der Waals surface area (Å²) in [4.78, 5) is 24.8. The average molecular weight is 420 g/mol. The van der Waals surface area contributed by atoms with Gasteiger partial charge in [-0.15, -0.1) is 0 Å². The molecule has 1 saturated carbocycles. The summed E-state index contributed by atoms with van der Waals surface area (Å²) in [6.07, 6.45) is 8.40. The lowest BCUT2D eigenvalue weighted by atomic mass is 9.95. The molecule has 1 aliphatic carbocycles. The van der Waals surface area contributed by atoms with Crippen LogP contribution in [0.25, 0.3) is 0 Å². The van der Waals surface area contributed by atoms with Crippen molar-refractivity contribution in [3.8, 4) is 0 Å². The lowest BCUT2D eigenvalue weighted by Gasteiger charge is -2.28. The number of hydrogen-bond acceptors (Lipinski definition) is 4. The largest absolute Gasteiger partial charge is 0.352 e. The Morgan fingerprint density at radius 1 is 1.03 bits per heavy atom. The molecule has 2 aliphatic heterocycles. The van der Waals surface area contributed by atoms with Crippen molar-refractivity contribution in [1.82, 2.24) is 9.62 Å². The Morgan fingerprint density at radius 3 is 2.62 bits per heavy atom. The Hall–Kier alpha value is -1.93. The van der Waals surface area contributed by atoms with Gasteiger partial charge in [0, 0.05) is 24.7 Å². The van der Waals surface area contributed by atoms with Gasteiger partial charge in [0.05, 0.1) is 4.90 Å². The minimum Gasteiger partial charge on any atom is -0.352 e. The minimum absolute atomic E-state index is 0.0432. The molecule has 1 aromatic carbocycles. The van der Waals surface area contributed by atoms with E-state index in [-0.39, 0.29) is 22.8 Å². The SMILES string of the molecule is O=C1CCCc2cc(S(=O)(=O)N3CCCC3C(=O)NC3CCCCC3)ccc2N1. The van der Waals surface area contributed by atoms with Gasteiger partial charge in [0.25, 0.3) is 0 Å². The monoisotopic (exact) mass is 419 g/mol. The van der Waals surface area contributed by atoms with E-state index in [4.69, 9.17) is 0 Å². The second-order valence-corrected chi connectivity index (χ2v) is 10.2. The highest BCUT2D eigenvalue weighted by Gasteiger charge is 2.40. The third kappa shape index (κ3) is 4.33. The fourth-order valence-electron chi connectivity index (χ4n) is 4.68. The number of anilines is 1. The van der Waals surface area contributed by atoms with Crippen LogP contribution in [-0.2, 0) is 26.0 Å². The number of amides is 2. The molecule has 8 heteroatoms. The molecule has 4 rings (SSSR count). The summed E-state index contributed by atoms with van der Waals surface area (Å²) < 4.78 is 28.0. The summed E-state index contributed by atoms with van der Waals surface area (Å²) in [5, 5.41) is 5.92. The van der Waals surface area contributed by atoms with Crippen molar-refractivity contribution in [3.63, 3.8) is 0 Å². The normalized spacial score (nSPS) is 23.9. The number of benzene rings is 1. The maximum Gasteiger partial charge on any atom is 0.243 e. The van der Waals surface area contributed by atoms with Gasteiger partial charge in [0.15, 0.2) is 0 Å². The van der Waals surface area contributed by atoms with Gasteiger partial charge < -0.3 is 10.6 Å². The Kier molecular flexibility index (Phi) is 5.92. The third-order valence-corrected chi connectivity index (χ3v) is 8.17. The molecule has 0 bridgehead atoms. The molecular weight excluding hydrogens is 390 g/mol. The summed E-state index contributed by atoms with van der Waals surface area (Å²) in [6, 6.07) is 4.38. The number of nitrogens with one attached hydrogen (secondary N) is 2. The highest BCUT2D eigenvalue weighted by atomic mass is 32.2. The first kappa shape index (κ1) is 20.3. The lowest BCUT2D eigenvalue weighted by Crippen LogP contribution is -2.49. The average Bonchev–Trinajstić information content (AvgIpc) is 3.13. The number of aryl methyl sites for hydroxylation is 1. The van der Waals surface area contributed by atoms with Crippen molar-refractivity contribution in [2.45, 2.75) is 81.2 Å². The van der Waals surface area contributed by atoms with E-state index in [0.717, 1.165) is 31.2 Å². The van der Waals surface area contributed by atoms with E-state index in [9.17, 15) is 18.0 Å². The first-order valence-electron chi connectivity index (χ1n) is 10.7. The van der Waals surface area contributed by atoms with E-state index in [1.165, 1.54) is 16.8 Å². The van der Waals surface area contributed by atoms with Crippen LogP contribution in [0, 0.1) is 0 Å². The van der Waals surface area contributed by atoms with Gasteiger partial charge in [-0.3, -0.25) is 9.59 Å². The number of carbonyl (C=O) groups excluding carboxylic acids is 2. The summed E-state index contributed by atoms with van der Waals surface area (Å²) in [7, 11) is -3.77. The van der Waals surface area contributed by atoms with Gasteiger partial charge in [-0.25, -0.2) is 8.42 Å². The number of nitrogens with zero attached hydrogens (tertiary/aromatic N) is 1. The molecule has 2 heterocycles. The smallest absolute Gasteiger partial charge is 0.243 e. The summed E-state index contributed by atoms with van der Waals surface area (Å²) in [5.74, 6) is -0.210. The summed E-state index contributed by atoms with van der Waals surface area (Å²) >= 11 is 0. The molecule has 7 nitrogen and oxygen atoms in total. The van der Waals surface area contributed by atoms with Crippen molar-refractivity contribution in [2.75, 3.05) is 11.9 Å². The van der Waals surface area contributed by atoms with Crippen LogP contribution in [0.3, 0.4) is 0 Å². The zero-order chi connectivity index (χ0) is 20.4. The van der Waals surface area contributed by atoms with E-state index < -0.39 is 16.1 Å². The zero-order valence-electron chi connectivity index (χ0n) is 16.7. The van der Waals surface area contributed by atoms with E-state index in [1.54, 1.807) is 12.1 Å². The predicted octanol–water partition coefficient (Wildman–Crippen LogP) is 2.56. The fraction of sp³-hybridized carbons (Fsp3) is 0.619. The molecule has 0 spiro atoms. The topological polar surface area (TPSA) is 95.6 Å². The molecule has 1 atom stereocenters. The highest BCUT2D eigenvalue weighted by Crippen LogP contribution is 2.30. The molecule has 29 heavy (non-hydrogen) atoms. The first-order chi connectivity index (χ1) is 13.9. The molecular formula is C21H29N3O4S. The van der Waals surface area contributed by atoms with Crippen molar-refractivity contribution in [1.29, 1.82) is 0 Å².